The van der Waals surface area contributed by atoms with Crippen LogP contribution in [0.15, 0.2) is 40.3 Å². The molecule has 2 aromatic rings. The number of alkyl halides is 2. The van der Waals surface area contributed by atoms with Gasteiger partial charge in [-0.3, -0.25) is 9.98 Å². The van der Waals surface area contributed by atoms with E-state index in [0.717, 1.165) is 6.07 Å². The van der Waals surface area contributed by atoms with E-state index in [2.05, 4.69) is 15.3 Å². The topological polar surface area (TPSA) is 82.9 Å². The number of amidine groups is 1. The van der Waals surface area contributed by atoms with Gasteiger partial charge in [-0.1, -0.05) is 12.1 Å². The highest BCUT2D eigenvalue weighted by atomic mass is 19.3. The van der Waals surface area contributed by atoms with Crippen LogP contribution >= 0.6 is 0 Å². The van der Waals surface area contributed by atoms with E-state index in [0.29, 0.717) is 35.2 Å². The minimum atomic E-state index is -3.51. The van der Waals surface area contributed by atoms with Gasteiger partial charge in [-0.15, -0.1) is 0 Å². The molecule has 38 heavy (non-hydrogen) atoms. The zero-order chi connectivity index (χ0) is 27.7. The Bertz CT molecular complexity index is 1140. The molecular weight excluding hydrogens is 503 g/mol. The SMILES string of the molecule is CC=Nc1cc(OC)c(OCCOC)cc1C(=NC)N[C@H](C)c1cccc(C(F)(F)COC2COC2)c1F. The number of aliphatic imine (C=N–C) groups is 2. The molecule has 1 aliphatic heterocycles. The summed E-state index contributed by atoms with van der Waals surface area (Å²) in [6, 6.07) is 6.62. The van der Waals surface area contributed by atoms with E-state index in [1.165, 1.54) is 19.2 Å². The molecule has 2 aromatic carbocycles. The molecule has 0 aliphatic carbocycles. The summed E-state index contributed by atoms with van der Waals surface area (Å²) in [6.45, 7) is 3.67. The van der Waals surface area contributed by atoms with Crippen LogP contribution in [0.4, 0.5) is 18.9 Å². The van der Waals surface area contributed by atoms with Gasteiger partial charge >= 0.3 is 0 Å². The van der Waals surface area contributed by atoms with Gasteiger partial charge in [0.2, 0.25) is 0 Å². The number of halogens is 3. The van der Waals surface area contributed by atoms with Crippen molar-refractivity contribution in [3.8, 4) is 11.5 Å². The fraction of sp³-hybridized carbons (Fsp3) is 0.481. The van der Waals surface area contributed by atoms with Crippen molar-refractivity contribution >= 4 is 17.7 Å². The first-order chi connectivity index (χ1) is 18.2. The molecule has 3 rings (SSSR count). The van der Waals surface area contributed by atoms with Gasteiger partial charge in [0.25, 0.3) is 5.92 Å². The lowest BCUT2D eigenvalue weighted by molar-refractivity contribution is -0.175. The largest absolute Gasteiger partial charge is 0.493 e. The number of nitrogens with zero attached hydrogens (tertiary/aromatic N) is 2. The van der Waals surface area contributed by atoms with Crippen LogP contribution in [0.25, 0.3) is 0 Å². The van der Waals surface area contributed by atoms with Crippen molar-refractivity contribution in [3.05, 3.63) is 52.8 Å². The Morgan fingerprint density at radius 3 is 2.58 bits per heavy atom. The number of hydrogen-bond acceptors (Lipinski definition) is 7. The second-order valence-electron chi connectivity index (χ2n) is 8.57. The van der Waals surface area contributed by atoms with Gasteiger partial charge in [-0.2, -0.15) is 8.78 Å². The highest BCUT2D eigenvalue weighted by Gasteiger charge is 2.38. The fourth-order valence-corrected chi connectivity index (χ4v) is 3.81. The number of ether oxygens (including phenoxy) is 5. The molecule has 1 fully saturated rings. The summed E-state index contributed by atoms with van der Waals surface area (Å²) < 4.78 is 71.5. The zero-order valence-corrected chi connectivity index (χ0v) is 22.2. The number of rotatable bonds is 13. The Hall–Kier alpha value is -3.15. The van der Waals surface area contributed by atoms with Gasteiger partial charge in [0.05, 0.1) is 44.2 Å². The molecule has 8 nitrogen and oxygen atoms in total. The van der Waals surface area contributed by atoms with Crippen molar-refractivity contribution in [2.75, 3.05) is 54.3 Å². The van der Waals surface area contributed by atoms with Crippen molar-refractivity contribution in [2.24, 2.45) is 9.98 Å². The number of methoxy groups -OCH3 is 2. The highest BCUT2D eigenvalue weighted by molar-refractivity contribution is 6.04. The second-order valence-corrected chi connectivity index (χ2v) is 8.57. The predicted molar refractivity (Wildman–Crippen MR) is 139 cm³/mol. The van der Waals surface area contributed by atoms with Crippen LogP contribution < -0.4 is 14.8 Å². The molecule has 0 bridgehead atoms. The van der Waals surface area contributed by atoms with Crippen molar-refractivity contribution in [2.45, 2.75) is 31.9 Å². The normalized spacial score (nSPS) is 15.4. The number of nitrogens with one attached hydrogen (secondary N) is 1. The molecule has 208 valence electrons. The summed E-state index contributed by atoms with van der Waals surface area (Å²) in [5.74, 6) is -3.25. The van der Waals surface area contributed by atoms with Gasteiger partial charge < -0.3 is 29.0 Å². The van der Waals surface area contributed by atoms with Gasteiger partial charge in [0, 0.05) is 37.6 Å². The molecule has 0 unspecified atom stereocenters. The van der Waals surface area contributed by atoms with Crippen molar-refractivity contribution in [1.29, 1.82) is 0 Å². The summed E-state index contributed by atoms with van der Waals surface area (Å²) in [5, 5.41) is 3.14. The minimum absolute atomic E-state index is 0.0564. The van der Waals surface area contributed by atoms with Crippen LogP contribution in [0.2, 0.25) is 0 Å². The molecule has 0 radical (unpaired) electrons. The first-order valence-electron chi connectivity index (χ1n) is 12.2. The molecule has 0 aromatic heterocycles. The Kier molecular flexibility index (Phi) is 10.5. The monoisotopic (exact) mass is 537 g/mol. The molecule has 0 spiro atoms. The number of benzene rings is 2. The van der Waals surface area contributed by atoms with E-state index in [4.69, 9.17) is 23.7 Å². The maximum absolute atomic E-state index is 15.4. The van der Waals surface area contributed by atoms with E-state index in [9.17, 15) is 8.78 Å². The fourth-order valence-electron chi connectivity index (χ4n) is 3.81. The number of hydrogen-bond donors (Lipinski definition) is 1. The molecule has 0 amide bonds. The third-order valence-corrected chi connectivity index (χ3v) is 5.92. The lowest BCUT2D eigenvalue weighted by Crippen LogP contribution is -2.39. The van der Waals surface area contributed by atoms with Gasteiger partial charge in [-0.05, 0) is 26.0 Å². The van der Waals surface area contributed by atoms with E-state index >= 15 is 4.39 Å². The predicted octanol–water partition coefficient (Wildman–Crippen LogP) is 4.82. The Balaban J connectivity index is 1.88. The molecular formula is C27H34F3N3O5. The summed E-state index contributed by atoms with van der Waals surface area (Å²) in [6.07, 6.45) is 1.22. The van der Waals surface area contributed by atoms with Crippen molar-refractivity contribution in [1.82, 2.24) is 5.32 Å². The summed E-state index contributed by atoms with van der Waals surface area (Å²) in [4.78, 5) is 8.74. The van der Waals surface area contributed by atoms with Crippen LogP contribution in [0.5, 0.6) is 11.5 Å². The molecule has 1 N–H and O–H groups in total. The van der Waals surface area contributed by atoms with Crippen molar-refractivity contribution in [3.63, 3.8) is 0 Å². The van der Waals surface area contributed by atoms with Crippen LogP contribution in [0.3, 0.4) is 0 Å². The average molecular weight is 538 g/mol. The molecule has 0 saturated carbocycles. The first-order valence-corrected chi connectivity index (χ1v) is 12.2. The minimum Gasteiger partial charge on any atom is -0.493 e. The van der Waals surface area contributed by atoms with E-state index in [1.807, 2.05) is 0 Å². The summed E-state index contributed by atoms with van der Waals surface area (Å²) in [5.41, 5.74) is 0.416. The molecule has 11 heteroatoms. The van der Waals surface area contributed by atoms with Crippen LogP contribution in [0, 0.1) is 5.82 Å². The second kappa shape index (κ2) is 13.6. The molecule has 1 atom stereocenters. The van der Waals surface area contributed by atoms with Crippen molar-refractivity contribution < 1.29 is 36.9 Å². The maximum atomic E-state index is 15.4. The molecule has 1 heterocycles. The van der Waals surface area contributed by atoms with Gasteiger partial charge in [0.1, 0.15) is 31.0 Å². The quantitative estimate of drug-likeness (QED) is 0.224. The first kappa shape index (κ1) is 29.4. The lowest BCUT2D eigenvalue weighted by atomic mass is 9.99. The Morgan fingerprint density at radius 2 is 1.97 bits per heavy atom. The third kappa shape index (κ3) is 7.03. The average Bonchev–Trinajstić information content (AvgIpc) is 2.87. The smallest absolute Gasteiger partial charge is 0.298 e. The third-order valence-electron chi connectivity index (χ3n) is 5.92. The van der Waals surface area contributed by atoms with E-state index in [-0.39, 0.29) is 25.4 Å². The Morgan fingerprint density at radius 1 is 1.21 bits per heavy atom. The lowest BCUT2D eigenvalue weighted by Gasteiger charge is -2.28. The van der Waals surface area contributed by atoms with E-state index in [1.54, 1.807) is 46.4 Å². The summed E-state index contributed by atoms with van der Waals surface area (Å²) in [7, 11) is 4.65. The highest BCUT2D eigenvalue weighted by Crippen LogP contribution is 2.37. The zero-order valence-electron chi connectivity index (χ0n) is 22.2. The molecule has 1 saturated heterocycles. The summed E-state index contributed by atoms with van der Waals surface area (Å²) >= 11 is 0. The van der Waals surface area contributed by atoms with E-state index < -0.39 is 36.1 Å². The Labute approximate surface area is 220 Å². The maximum Gasteiger partial charge on any atom is 0.298 e. The van der Waals surface area contributed by atoms with Crippen LogP contribution in [-0.2, 0) is 20.1 Å². The van der Waals surface area contributed by atoms with Crippen LogP contribution in [0.1, 0.15) is 36.6 Å². The van der Waals surface area contributed by atoms with Crippen LogP contribution in [-0.4, -0.2) is 72.5 Å². The van der Waals surface area contributed by atoms with Gasteiger partial charge in [-0.25, -0.2) is 4.39 Å². The molecule has 1 aliphatic rings. The van der Waals surface area contributed by atoms with Gasteiger partial charge in [0.15, 0.2) is 11.5 Å². The standard InChI is InChI=1S/C27H34F3N3O5/c1-6-32-22-13-23(35-5)24(37-11-10-34-4)12-20(22)26(31-3)33-17(2)19-8-7-9-21(25(19)28)27(29,30)16-38-18-14-36-15-18/h6-9,12-13,17-18H,10-11,14-16H2,1-5H3,(H,31,33)/t17-/m1/s1.